The normalized spacial score (nSPS) is 10.5. The van der Waals surface area contributed by atoms with Gasteiger partial charge in [0, 0.05) is 15.4 Å². The zero-order valence-electron chi connectivity index (χ0n) is 11.2. The standard InChI is InChI=1S/C16H15FOS/c1-10-6-4-5-7-15(10)19-16-8-11(2)14(17)9-13(16)12(3)18/h4-9H,1-3H3. The van der Waals surface area contributed by atoms with Crippen molar-refractivity contribution in [1.82, 2.24) is 0 Å². The maximum atomic E-state index is 13.6. The van der Waals surface area contributed by atoms with Crippen LogP contribution in [0, 0.1) is 19.7 Å². The summed E-state index contributed by atoms with van der Waals surface area (Å²) in [5.74, 6) is -0.450. The molecule has 2 aromatic carbocycles. The van der Waals surface area contributed by atoms with Gasteiger partial charge in [-0.05, 0) is 50.1 Å². The van der Waals surface area contributed by atoms with E-state index >= 15 is 0 Å². The quantitative estimate of drug-likeness (QED) is 0.748. The first-order valence-corrected chi connectivity index (χ1v) is 6.85. The number of ketones is 1. The SMILES string of the molecule is CC(=O)c1cc(F)c(C)cc1Sc1ccccc1C. The van der Waals surface area contributed by atoms with Gasteiger partial charge in [0.15, 0.2) is 5.78 Å². The lowest BCUT2D eigenvalue weighted by molar-refractivity contribution is 0.101. The van der Waals surface area contributed by atoms with Crippen LogP contribution in [-0.2, 0) is 0 Å². The van der Waals surface area contributed by atoms with Crippen molar-refractivity contribution in [3.05, 3.63) is 58.9 Å². The molecule has 19 heavy (non-hydrogen) atoms. The van der Waals surface area contributed by atoms with Crippen LogP contribution in [0.3, 0.4) is 0 Å². The largest absolute Gasteiger partial charge is 0.294 e. The van der Waals surface area contributed by atoms with Crippen molar-refractivity contribution in [2.24, 2.45) is 0 Å². The first-order valence-electron chi connectivity index (χ1n) is 6.03. The number of halogens is 1. The van der Waals surface area contributed by atoms with E-state index in [1.54, 1.807) is 13.0 Å². The van der Waals surface area contributed by atoms with Gasteiger partial charge in [-0.3, -0.25) is 4.79 Å². The molecular weight excluding hydrogens is 259 g/mol. The van der Waals surface area contributed by atoms with Crippen molar-refractivity contribution in [1.29, 1.82) is 0 Å². The first-order chi connectivity index (χ1) is 8.99. The minimum atomic E-state index is -0.334. The average Bonchev–Trinajstić information content (AvgIpc) is 2.36. The highest BCUT2D eigenvalue weighted by Crippen LogP contribution is 2.34. The molecule has 0 aromatic heterocycles. The predicted octanol–water partition coefficient (Wildman–Crippen LogP) is 4.80. The maximum Gasteiger partial charge on any atom is 0.161 e. The van der Waals surface area contributed by atoms with Crippen molar-refractivity contribution < 1.29 is 9.18 Å². The first kappa shape index (κ1) is 13.8. The molecule has 98 valence electrons. The van der Waals surface area contributed by atoms with Crippen LogP contribution >= 0.6 is 11.8 Å². The number of hydrogen-bond acceptors (Lipinski definition) is 2. The molecule has 0 saturated carbocycles. The third-order valence-corrected chi connectivity index (χ3v) is 4.19. The fourth-order valence-corrected chi connectivity index (χ4v) is 2.96. The number of carbonyl (C=O) groups excluding carboxylic acids is 1. The summed E-state index contributed by atoms with van der Waals surface area (Å²) in [5.41, 5.74) is 2.14. The molecule has 0 N–H and O–H groups in total. The van der Waals surface area contributed by atoms with Gasteiger partial charge in [-0.1, -0.05) is 30.0 Å². The number of hydrogen-bond donors (Lipinski definition) is 0. The van der Waals surface area contributed by atoms with Crippen LogP contribution in [0.1, 0.15) is 28.4 Å². The van der Waals surface area contributed by atoms with E-state index in [0.717, 1.165) is 15.4 Å². The van der Waals surface area contributed by atoms with E-state index in [9.17, 15) is 9.18 Å². The minimum Gasteiger partial charge on any atom is -0.294 e. The second kappa shape index (κ2) is 5.57. The van der Waals surface area contributed by atoms with Gasteiger partial charge in [0.05, 0.1) is 0 Å². The monoisotopic (exact) mass is 274 g/mol. The van der Waals surface area contributed by atoms with E-state index in [4.69, 9.17) is 0 Å². The smallest absolute Gasteiger partial charge is 0.161 e. The zero-order valence-corrected chi connectivity index (χ0v) is 12.0. The van der Waals surface area contributed by atoms with Gasteiger partial charge >= 0.3 is 0 Å². The Morgan fingerprint density at radius 3 is 2.37 bits per heavy atom. The summed E-state index contributed by atoms with van der Waals surface area (Å²) in [7, 11) is 0. The molecule has 0 bridgehead atoms. The van der Waals surface area contributed by atoms with Gasteiger partial charge in [0.1, 0.15) is 5.82 Å². The van der Waals surface area contributed by atoms with Crippen LogP contribution in [0.4, 0.5) is 4.39 Å². The number of rotatable bonds is 3. The number of Topliss-reactive ketones (excluding diaryl/α,β-unsaturated/α-hetero) is 1. The fraction of sp³-hybridized carbons (Fsp3) is 0.188. The number of carbonyl (C=O) groups is 1. The Hall–Kier alpha value is -1.61. The second-order valence-corrected chi connectivity index (χ2v) is 5.61. The highest BCUT2D eigenvalue weighted by molar-refractivity contribution is 7.99. The average molecular weight is 274 g/mol. The molecule has 2 rings (SSSR count). The highest BCUT2D eigenvalue weighted by atomic mass is 32.2. The van der Waals surface area contributed by atoms with Crippen LogP contribution in [0.2, 0.25) is 0 Å². The third-order valence-electron chi connectivity index (χ3n) is 2.95. The van der Waals surface area contributed by atoms with Crippen LogP contribution in [0.15, 0.2) is 46.2 Å². The molecule has 3 heteroatoms. The van der Waals surface area contributed by atoms with Crippen LogP contribution in [0.25, 0.3) is 0 Å². The Morgan fingerprint density at radius 1 is 1.05 bits per heavy atom. The Kier molecular flexibility index (Phi) is 4.05. The molecule has 0 aliphatic carbocycles. The molecule has 0 aliphatic rings. The van der Waals surface area contributed by atoms with Gasteiger partial charge in [-0.15, -0.1) is 0 Å². The second-order valence-electron chi connectivity index (χ2n) is 4.52. The molecule has 0 radical (unpaired) electrons. The summed E-state index contributed by atoms with van der Waals surface area (Å²) >= 11 is 1.50. The summed E-state index contributed by atoms with van der Waals surface area (Å²) < 4.78 is 13.6. The summed E-state index contributed by atoms with van der Waals surface area (Å²) in [6, 6.07) is 11.0. The third kappa shape index (κ3) is 3.04. The molecule has 0 fully saturated rings. The van der Waals surface area contributed by atoms with Gasteiger partial charge in [-0.25, -0.2) is 4.39 Å². The molecule has 0 amide bonds. The van der Waals surface area contributed by atoms with Gasteiger partial charge in [0.2, 0.25) is 0 Å². The van der Waals surface area contributed by atoms with E-state index in [2.05, 4.69) is 0 Å². The minimum absolute atomic E-state index is 0.116. The Labute approximate surface area is 116 Å². The summed E-state index contributed by atoms with van der Waals surface area (Å²) in [6.07, 6.45) is 0. The van der Waals surface area contributed by atoms with E-state index in [0.29, 0.717) is 11.1 Å². The van der Waals surface area contributed by atoms with Crippen molar-refractivity contribution in [3.8, 4) is 0 Å². The Balaban J connectivity index is 2.48. The van der Waals surface area contributed by atoms with Gasteiger partial charge < -0.3 is 0 Å². The molecule has 0 saturated heterocycles. The highest BCUT2D eigenvalue weighted by Gasteiger charge is 2.13. The lowest BCUT2D eigenvalue weighted by Crippen LogP contribution is -1.98. The van der Waals surface area contributed by atoms with E-state index in [1.165, 1.54) is 24.8 Å². The van der Waals surface area contributed by atoms with Gasteiger partial charge in [0.25, 0.3) is 0 Å². The fourth-order valence-electron chi connectivity index (χ4n) is 1.80. The van der Waals surface area contributed by atoms with Crippen molar-refractivity contribution >= 4 is 17.5 Å². The lowest BCUT2D eigenvalue weighted by atomic mass is 10.1. The van der Waals surface area contributed by atoms with E-state index in [1.807, 2.05) is 31.2 Å². The summed E-state index contributed by atoms with van der Waals surface area (Å²) in [6.45, 7) is 5.19. The van der Waals surface area contributed by atoms with Crippen LogP contribution in [0.5, 0.6) is 0 Å². The molecule has 0 aliphatic heterocycles. The summed E-state index contributed by atoms with van der Waals surface area (Å²) in [5, 5.41) is 0. The molecular formula is C16H15FOS. The van der Waals surface area contributed by atoms with Crippen LogP contribution in [-0.4, -0.2) is 5.78 Å². The number of benzene rings is 2. The molecule has 0 atom stereocenters. The van der Waals surface area contributed by atoms with Crippen molar-refractivity contribution in [2.75, 3.05) is 0 Å². The lowest BCUT2D eigenvalue weighted by Gasteiger charge is -2.10. The van der Waals surface area contributed by atoms with Crippen molar-refractivity contribution in [2.45, 2.75) is 30.6 Å². The zero-order chi connectivity index (χ0) is 14.0. The Morgan fingerprint density at radius 2 is 1.74 bits per heavy atom. The number of aryl methyl sites for hydroxylation is 2. The molecule has 0 unspecified atom stereocenters. The van der Waals surface area contributed by atoms with Crippen molar-refractivity contribution in [3.63, 3.8) is 0 Å². The topological polar surface area (TPSA) is 17.1 Å². The maximum absolute atomic E-state index is 13.6. The molecule has 0 heterocycles. The van der Waals surface area contributed by atoms with E-state index < -0.39 is 0 Å². The van der Waals surface area contributed by atoms with Crippen LogP contribution < -0.4 is 0 Å². The predicted molar refractivity (Wildman–Crippen MR) is 76.4 cm³/mol. The van der Waals surface area contributed by atoms with Gasteiger partial charge in [-0.2, -0.15) is 0 Å². The Bertz CT molecular complexity index is 635. The molecule has 0 spiro atoms. The van der Waals surface area contributed by atoms with E-state index in [-0.39, 0.29) is 11.6 Å². The summed E-state index contributed by atoms with van der Waals surface area (Å²) in [4.78, 5) is 13.5. The molecule has 1 nitrogen and oxygen atoms in total. The molecule has 2 aromatic rings.